The molecule has 1 aromatic heterocycles. The van der Waals surface area contributed by atoms with Gasteiger partial charge in [0.25, 0.3) is 5.91 Å². The van der Waals surface area contributed by atoms with Gasteiger partial charge < -0.3 is 9.64 Å². The Morgan fingerprint density at radius 1 is 1.06 bits per heavy atom. The zero-order valence-electron chi connectivity index (χ0n) is 17.3. The van der Waals surface area contributed by atoms with Crippen LogP contribution in [-0.4, -0.2) is 51.7 Å². The van der Waals surface area contributed by atoms with Crippen molar-refractivity contribution in [1.82, 2.24) is 19.6 Å². The second-order valence-electron chi connectivity index (χ2n) is 7.58. The minimum Gasteiger partial charge on any atom is -0.470 e. The van der Waals surface area contributed by atoms with E-state index in [0.717, 1.165) is 19.6 Å². The van der Waals surface area contributed by atoms with Gasteiger partial charge in [0, 0.05) is 43.9 Å². The molecule has 0 bridgehead atoms. The first-order valence-electron chi connectivity index (χ1n) is 10.2. The summed E-state index contributed by atoms with van der Waals surface area (Å²) in [7, 11) is 0. The zero-order chi connectivity index (χ0) is 21.8. The van der Waals surface area contributed by atoms with Crippen LogP contribution >= 0.6 is 23.2 Å². The highest BCUT2D eigenvalue weighted by atomic mass is 35.5. The Labute approximate surface area is 191 Å². The van der Waals surface area contributed by atoms with Crippen molar-refractivity contribution >= 4 is 29.1 Å². The Morgan fingerprint density at radius 3 is 2.58 bits per heavy atom. The van der Waals surface area contributed by atoms with Crippen molar-refractivity contribution in [3.8, 4) is 5.75 Å². The van der Waals surface area contributed by atoms with E-state index in [1.165, 1.54) is 11.1 Å². The van der Waals surface area contributed by atoms with Crippen LogP contribution in [0, 0.1) is 6.92 Å². The standard InChI is InChI=1S/C23H24Cl2N4O2/c1-17-4-2-3-5-18(17)15-27-10-12-28(13-11-27)23(30)21-8-9-29(26-21)16-31-22-7-6-19(24)14-20(22)25/h2-9,14H,10-13,15-16H2,1H3. The summed E-state index contributed by atoms with van der Waals surface area (Å²) in [5, 5.41) is 5.34. The van der Waals surface area contributed by atoms with Crippen LogP contribution in [0.5, 0.6) is 5.75 Å². The quantitative estimate of drug-likeness (QED) is 0.545. The van der Waals surface area contributed by atoms with Crippen molar-refractivity contribution in [2.24, 2.45) is 0 Å². The fourth-order valence-corrected chi connectivity index (χ4v) is 4.04. The van der Waals surface area contributed by atoms with Crippen LogP contribution in [-0.2, 0) is 13.3 Å². The second-order valence-corrected chi connectivity index (χ2v) is 8.43. The van der Waals surface area contributed by atoms with E-state index in [1.807, 2.05) is 4.90 Å². The largest absolute Gasteiger partial charge is 0.470 e. The molecule has 0 aliphatic carbocycles. The van der Waals surface area contributed by atoms with Crippen LogP contribution in [0.25, 0.3) is 0 Å². The third kappa shape index (κ3) is 5.39. The van der Waals surface area contributed by atoms with Gasteiger partial charge in [0.05, 0.1) is 5.02 Å². The zero-order valence-corrected chi connectivity index (χ0v) is 18.8. The first-order chi connectivity index (χ1) is 15.0. The van der Waals surface area contributed by atoms with E-state index in [-0.39, 0.29) is 12.6 Å². The van der Waals surface area contributed by atoms with Crippen molar-refractivity contribution in [3.63, 3.8) is 0 Å². The molecule has 0 spiro atoms. The number of rotatable bonds is 6. The molecule has 0 unspecified atom stereocenters. The average Bonchev–Trinajstić information content (AvgIpc) is 3.24. The molecule has 2 heterocycles. The van der Waals surface area contributed by atoms with E-state index < -0.39 is 0 Å². The molecule has 1 fully saturated rings. The lowest BCUT2D eigenvalue weighted by Gasteiger charge is -2.34. The summed E-state index contributed by atoms with van der Waals surface area (Å²) >= 11 is 12.0. The molecule has 1 saturated heterocycles. The van der Waals surface area contributed by atoms with Gasteiger partial charge in [-0.05, 0) is 42.3 Å². The lowest BCUT2D eigenvalue weighted by molar-refractivity contribution is 0.0620. The Hall–Kier alpha value is -2.54. The Kier molecular flexibility index (Phi) is 6.80. The number of aromatic nitrogens is 2. The first kappa shape index (κ1) is 21.7. The fraction of sp³-hybridized carbons (Fsp3) is 0.304. The number of aryl methyl sites for hydroxylation is 1. The second kappa shape index (κ2) is 9.73. The Morgan fingerprint density at radius 2 is 1.84 bits per heavy atom. The van der Waals surface area contributed by atoms with Gasteiger partial charge in [-0.3, -0.25) is 9.69 Å². The van der Waals surface area contributed by atoms with Crippen LogP contribution in [0.2, 0.25) is 10.0 Å². The van der Waals surface area contributed by atoms with Crippen LogP contribution < -0.4 is 4.74 Å². The number of amides is 1. The number of ether oxygens (including phenoxy) is 1. The molecule has 1 aliphatic heterocycles. The van der Waals surface area contributed by atoms with Crippen LogP contribution in [0.3, 0.4) is 0 Å². The lowest BCUT2D eigenvalue weighted by atomic mass is 10.1. The van der Waals surface area contributed by atoms with E-state index in [0.29, 0.717) is 34.6 Å². The molecule has 0 N–H and O–H groups in total. The Bertz CT molecular complexity index is 1060. The SMILES string of the molecule is Cc1ccccc1CN1CCN(C(=O)c2ccn(COc3ccc(Cl)cc3Cl)n2)CC1. The number of carbonyl (C=O) groups excluding carboxylic acids is 1. The normalized spacial score (nSPS) is 14.6. The molecule has 31 heavy (non-hydrogen) atoms. The van der Waals surface area contributed by atoms with E-state index in [9.17, 15) is 4.79 Å². The van der Waals surface area contributed by atoms with Gasteiger partial charge in [-0.1, -0.05) is 47.5 Å². The van der Waals surface area contributed by atoms with Gasteiger partial charge in [0.15, 0.2) is 12.4 Å². The van der Waals surface area contributed by atoms with Crippen molar-refractivity contribution in [1.29, 1.82) is 0 Å². The van der Waals surface area contributed by atoms with E-state index in [4.69, 9.17) is 27.9 Å². The molecule has 6 nitrogen and oxygen atoms in total. The molecule has 2 aromatic carbocycles. The van der Waals surface area contributed by atoms with Crippen LogP contribution in [0.15, 0.2) is 54.7 Å². The summed E-state index contributed by atoms with van der Waals surface area (Å²) in [6, 6.07) is 15.2. The summed E-state index contributed by atoms with van der Waals surface area (Å²) in [5.74, 6) is 0.457. The van der Waals surface area contributed by atoms with Crippen LogP contribution in [0.4, 0.5) is 0 Å². The van der Waals surface area contributed by atoms with Crippen molar-refractivity contribution in [2.75, 3.05) is 26.2 Å². The minimum absolute atomic E-state index is 0.0567. The topological polar surface area (TPSA) is 50.6 Å². The van der Waals surface area contributed by atoms with Crippen molar-refractivity contribution in [3.05, 3.63) is 81.6 Å². The van der Waals surface area contributed by atoms with Gasteiger partial charge in [-0.25, -0.2) is 4.68 Å². The molecule has 1 amide bonds. The number of piperazine rings is 1. The van der Waals surface area contributed by atoms with Gasteiger partial charge in [-0.2, -0.15) is 5.10 Å². The summed E-state index contributed by atoms with van der Waals surface area (Å²) in [6.07, 6.45) is 1.73. The predicted octanol–water partition coefficient (Wildman–Crippen LogP) is 4.49. The molecule has 0 radical (unpaired) electrons. The van der Waals surface area contributed by atoms with Gasteiger partial charge in [0.2, 0.25) is 0 Å². The minimum atomic E-state index is -0.0567. The van der Waals surface area contributed by atoms with Gasteiger partial charge >= 0.3 is 0 Å². The highest BCUT2D eigenvalue weighted by Gasteiger charge is 2.24. The number of hydrogen-bond donors (Lipinski definition) is 0. The highest BCUT2D eigenvalue weighted by Crippen LogP contribution is 2.27. The smallest absolute Gasteiger partial charge is 0.274 e. The maximum Gasteiger partial charge on any atom is 0.274 e. The molecular formula is C23H24Cl2N4O2. The van der Waals surface area contributed by atoms with Crippen LogP contribution in [0.1, 0.15) is 21.6 Å². The molecule has 0 atom stereocenters. The highest BCUT2D eigenvalue weighted by molar-refractivity contribution is 6.35. The third-order valence-electron chi connectivity index (χ3n) is 5.42. The molecule has 3 aromatic rings. The average molecular weight is 459 g/mol. The van der Waals surface area contributed by atoms with Crippen molar-refractivity contribution < 1.29 is 9.53 Å². The summed E-state index contributed by atoms with van der Waals surface area (Å²) in [5.41, 5.74) is 3.05. The van der Waals surface area contributed by atoms with Gasteiger partial charge in [-0.15, -0.1) is 0 Å². The van der Waals surface area contributed by atoms with E-state index >= 15 is 0 Å². The molecule has 4 rings (SSSR count). The summed E-state index contributed by atoms with van der Waals surface area (Å²) < 4.78 is 7.25. The van der Waals surface area contributed by atoms with E-state index in [2.05, 4.69) is 41.2 Å². The Balaban J connectivity index is 1.29. The molecule has 0 saturated carbocycles. The molecule has 1 aliphatic rings. The molecule has 8 heteroatoms. The lowest BCUT2D eigenvalue weighted by Crippen LogP contribution is -2.48. The number of benzene rings is 2. The maximum atomic E-state index is 12.9. The van der Waals surface area contributed by atoms with Gasteiger partial charge in [0.1, 0.15) is 5.75 Å². The number of nitrogens with zero attached hydrogens (tertiary/aromatic N) is 4. The predicted molar refractivity (Wildman–Crippen MR) is 122 cm³/mol. The molecule has 162 valence electrons. The van der Waals surface area contributed by atoms with Crippen molar-refractivity contribution in [2.45, 2.75) is 20.2 Å². The van der Waals surface area contributed by atoms with E-state index in [1.54, 1.807) is 35.1 Å². The monoisotopic (exact) mass is 458 g/mol. The summed E-state index contributed by atoms with van der Waals surface area (Å²) in [6.45, 7) is 6.27. The first-order valence-corrected chi connectivity index (χ1v) is 10.9. The third-order valence-corrected chi connectivity index (χ3v) is 5.95. The summed E-state index contributed by atoms with van der Waals surface area (Å²) in [4.78, 5) is 17.1. The number of carbonyl (C=O) groups is 1. The fourth-order valence-electron chi connectivity index (χ4n) is 3.58. The number of halogens is 2. The number of hydrogen-bond acceptors (Lipinski definition) is 4. The molecular weight excluding hydrogens is 435 g/mol. The maximum absolute atomic E-state index is 12.9.